The third kappa shape index (κ3) is 3.59. The van der Waals surface area contributed by atoms with E-state index in [4.69, 9.17) is 5.11 Å². The smallest absolute Gasteiger partial charge is 0.246 e. The van der Waals surface area contributed by atoms with Gasteiger partial charge in [-0.3, -0.25) is 9.59 Å². The molecule has 0 radical (unpaired) electrons. The number of benzene rings is 1. The lowest BCUT2D eigenvalue weighted by Gasteiger charge is -2.11. The van der Waals surface area contributed by atoms with E-state index in [-0.39, 0.29) is 18.4 Å². The molecular formula is C15H16N2O3. The van der Waals surface area contributed by atoms with Crippen LogP contribution >= 0.6 is 0 Å². The van der Waals surface area contributed by atoms with Crippen LogP contribution in [0.1, 0.15) is 24.0 Å². The first-order valence-corrected chi connectivity index (χ1v) is 6.40. The SMILES string of the molecule is Cc1cc(C#CCO)cc(NC(=O)C2CCC(=O)N2)c1. The molecule has 1 fully saturated rings. The molecule has 1 heterocycles. The van der Waals surface area contributed by atoms with E-state index in [1.165, 1.54) is 0 Å². The van der Waals surface area contributed by atoms with Crippen molar-refractivity contribution in [2.75, 3.05) is 11.9 Å². The first-order chi connectivity index (χ1) is 9.58. The average Bonchev–Trinajstić information content (AvgIpc) is 2.82. The minimum Gasteiger partial charge on any atom is -0.384 e. The van der Waals surface area contributed by atoms with Crippen LogP contribution in [-0.2, 0) is 9.59 Å². The highest BCUT2D eigenvalue weighted by atomic mass is 16.2. The Kier molecular flexibility index (Phi) is 4.38. The number of rotatable bonds is 2. The van der Waals surface area contributed by atoms with Crippen LogP contribution in [0.15, 0.2) is 18.2 Å². The normalized spacial score (nSPS) is 17.1. The fourth-order valence-electron chi connectivity index (χ4n) is 2.11. The standard InChI is InChI=1S/C15H16N2O3/c1-10-7-11(3-2-6-18)9-12(8-10)16-15(20)13-4-5-14(19)17-13/h7-9,13,18H,4-6H2,1H3,(H,16,20)(H,17,19). The molecular weight excluding hydrogens is 256 g/mol. The fourth-order valence-corrected chi connectivity index (χ4v) is 2.11. The van der Waals surface area contributed by atoms with Crippen LogP contribution in [0.5, 0.6) is 0 Å². The molecule has 5 heteroatoms. The largest absolute Gasteiger partial charge is 0.384 e. The Morgan fingerprint density at radius 3 is 2.95 bits per heavy atom. The van der Waals surface area contributed by atoms with E-state index < -0.39 is 6.04 Å². The Morgan fingerprint density at radius 2 is 2.30 bits per heavy atom. The molecule has 104 valence electrons. The van der Waals surface area contributed by atoms with Crippen LogP contribution in [-0.4, -0.2) is 29.6 Å². The highest BCUT2D eigenvalue weighted by Crippen LogP contribution is 2.16. The average molecular weight is 272 g/mol. The van der Waals surface area contributed by atoms with Gasteiger partial charge < -0.3 is 15.7 Å². The van der Waals surface area contributed by atoms with Crippen molar-refractivity contribution in [3.8, 4) is 11.8 Å². The summed E-state index contributed by atoms with van der Waals surface area (Å²) in [7, 11) is 0. The van der Waals surface area contributed by atoms with Crippen LogP contribution in [0.2, 0.25) is 0 Å². The highest BCUT2D eigenvalue weighted by molar-refractivity contribution is 5.99. The maximum atomic E-state index is 12.0. The lowest BCUT2D eigenvalue weighted by atomic mass is 10.1. The lowest BCUT2D eigenvalue weighted by Crippen LogP contribution is -2.37. The molecule has 1 aromatic rings. The molecule has 0 saturated carbocycles. The summed E-state index contributed by atoms with van der Waals surface area (Å²) in [5.41, 5.74) is 2.32. The second kappa shape index (κ2) is 6.22. The van der Waals surface area contributed by atoms with E-state index >= 15 is 0 Å². The van der Waals surface area contributed by atoms with Gasteiger partial charge in [0.1, 0.15) is 12.6 Å². The quantitative estimate of drug-likeness (QED) is 0.688. The number of aliphatic hydroxyl groups is 1. The van der Waals surface area contributed by atoms with Crippen LogP contribution in [0.4, 0.5) is 5.69 Å². The zero-order chi connectivity index (χ0) is 14.5. The summed E-state index contributed by atoms with van der Waals surface area (Å²) >= 11 is 0. The van der Waals surface area contributed by atoms with Crippen molar-refractivity contribution in [3.05, 3.63) is 29.3 Å². The van der Waals surface area contributed by atoms with E-state index in [0.29, 0.717) is 18.5 Å². The Balaban J connectivity index is 2.10. The predicted molar refractivity (Wildman–Crippen MR) is 74.9 cm³/mol. The zero-order valence-electron chi connectivity index (χ0n) is 11.2. The Bertz CT molecular complexity index is 599. The van der Waals surface area contributed by atoms with Crippen molar-refractivity contribution in [2.24, 2.45) is 0 Å². The van der Waals surface area contributed by atoms with E-state index in [9.17, 15) is 9.59 Å². The zero-order valence-corrected chi connectivity index (χ0v) is 11.2. The second-order valence-electron chi connectivity index (χ2n) is 4.70. The molecule has 2 rings (SSSR count). The van der Waals surface area contributed by atoms with Crippen molar-refractivity contribution in [3.63, 3.8) is 0 Å². The van der Waals surface area contributed by atoms with Gasteiger partial charge in [-0.1, -0.05) is 11.8 Å². The molecule has 20 heavy (non-hydrogen) atoms. The van der Waals surface area contributed by atoms with Crippen LogP contribution in [0.3, 0.4) is 0 Å². The summed E-state index contributed by atoms with van der Waals surface area (Å²) in [6.07, 6.45) is 0.910. The summed E-state index contributed by atoms with van der Waals surface area (Å²) in [6, 6.07) is 4.98. The number of amides is 2. The number of carbonyl (C=O) groups is 2. The van der Waals surface area contributed by atoms with Gasteiger partial charge in [0.15, 0.2) is 0 Å². The minimum atomic E-state index is -0.463. The molecule has 2 amide bonds. The van der Waals surface area contributed by atoms with Gasteiger partial charge in [-0.15, -0.1) is 0 Å². The maximum absolute atomic E-state index is 12.0. The minimum absolute atomic E-state index is 0.0936. The van der Waals surface area contributed by atoms with E-state index in [1.54, 1.807) is 6.07 Å². The molecule has 1 unspecified atom stereocenters. The number of hydrogen-bond acceptors (Lipinski definition) is 3. The van der Waals surface area contributed by atoms with Crippen molar-refractivity contribution < 1.29 is 14.7 Å². The summed E-state index contributed by atoms with van der Waals surface area (Å²) in [5, 5.41) is 14.1. The van der Waals surface area contributed by atoms with Gasteiger partial charge in [-0.25, -0.2) is 0 Å². The fraction of sp³-hybridized carbons (Fsp3) is 0.333. The van der Waals surface area contributed by atoms with Gasteiger partial charge in [0, 0.05) is 17.7 Å². The Morgan fingerprint density at radius 1 is 1.50 bits per heavy atom. The summed E-state index contributed by atoms with van der Waals surface area (Å²) < 4.78 is 0. The Hall–Kier alpha value is -2.32. The molecule has 1 aliphatic heterocycles. The van der Waals surface area contributed by atoms with Crippen molar-refractivity contribution in [1.29, 1.82) is 0 Å². The van der Waals surface area contributed by atoms with Gasteiger partial charge in [-0.05, 0) is 37.1 Å². The number of carbonyl (C=O) groups excluding carboxylic acids is 2. The molecule has 0 spiro atoms. The van der Waals surface area contributed by atoms with E-state index in [0.717, 1.165) is 11.1 Å². The molecule has 1 aliphatic rings. The van der Waals surface area contributed by atoms with Crippen molar-refractivity contribution >= 4 is 17.5 Å². The molecule has 0 bridgehead atoms. The monoisotopic (exact) mass is 272 g/mol. The topological polar surface area (TPSA) is 78.4 Å². The van der Waals surface area contributed by atoms with E-state index in [1.807, 2.05) is 19.1 Å². The van der Waals surface area contributed by atoms with Gasteiger partial charge >= 0.3 is 0 Å². The predicted octanol–water partition coefficient (Wildman–Crippen LogP) is 0.556. The van der Waals surface area contributed by atoms with Gasteiger partial charge in [-0.2, -0.15) is 0 Å². The summed E-state index contributed by atoms with van der Waals surface area (Å²) in [6.45, 7) is 1.70. The van der Waals surface area contributed by atoms with Crippen LogP contribution in [0.25, 0.3) is 0 Å². The van der Waals surface area contributed by atoms with Gasteiger partial charge in [0.05, 0.1) is 0 Å². The van der Waals surface area contributed by atoms with Gasteiger partial charge in [0.2, 0.25) is 11.8 Å². The molecule has 5 nitrogen and oxygen atoms in total. The summed E-state index contributed by atoms with van der Waals surface area (Å²) in [5.74, 6) is 5.06. The third-order valence-electron chi connectivity index (χ3n) is 2.97. The lowest BCUT2D eigenvalue weighted by molar-refractivity contribution is -0.122. The number of nitrogens with one attached hydrogen (secondary N) is 2. The first kappa shape index (κ1) is 14.1. The number of aliphatic hydroxyl groups excluding tert-OH is 1. The molecule has 0 aliphatic carbocycles. The van der Waals surface area contributed by atoms with Crippen molar-refractivity contribution in [2.45, 2.75) is 25.8 Å². The molecule has 0 aromatic heterocycles. The highest BCUT2D eigenvalue weighted by Gasteiger charge is 2.27. The van der Waals surface area contributed by atoms with Crippen LogP contribution < -0.4 is 10.6 Å². The van der Waals surface area contributed by atoms with Crippen molar-refractivity contribution in [1.82, 2.24) is 5.32 Å². The van der Waals surface area contributed by atoms with E-state index in [2.05, 4.69) is 22.5 Å². The third-order valence-corrected chi connectivity index (χ3v) is 2.97. The second-order valence-corrected chi connectivity index (χ2v) is 4.70. The number of anilines is 1. The number of hydrogen-bond donors (Lipinski definition) is 3. The molecule has 3 N–H and O–H groups in total. The molecule has 1 aromatic carbocycles. The Labute approximate surface area is 117 Å². The number of aryl methyl sites for hydroxylation is 1. The van der Waals surface area contributed by atoms with Crippen LogP contribution in [0, 0.1) is 18.8 Å². The first-order valence-electron chi connectivity index (χ1n) is 6.40. The molecule has 1 saturated heterocycles. The summed E-state index contributed by atoms with van der Waals surface area (Å²) in [4.78, 5) is 23.1. The molecule has 1 atom stereocenters. The van der Waals surface area contributed by atoms with Gasteiger partial charge in [0.25, 0.3) is 0 Å². The maximum Gasteiger partial charge on any atom is 0.246 e.